The van der Waals surface area contributed by atoms with Gasteiger partial charge in [-0.05, 0) is 31.0 Å². The normalized spacial score (nSPS) is 14.2. The van der Waals surface area contributed by atoms with E-state index in [2.05, 4.69) is 10.3 Å². The molecule has 1 saturated heterocycles. The topological polar surface area (TPSA) is 105 Å². The number of nitro groups is 1. The molecule has 0 aliphatic carbocycles. The molecule has 4 rings (SSSR count). The first-order valence-corrected chi connectivity index (χ1v) is 12.9. The average Bonchev–Trinajstić information content (AvgIpc) is 3.36. The third kappa shape index (κ3) is 6.04. The minimum absolute atomic E-state index is 0.0797. The molecular formula is C24H19Cl3N4O4S. The van der Waals surface area contributed by atoms with E-state index in [-0.39, 0.29) is 27.6 Å². The molecule has 2 heterocycles. The van der Waals surface area contributed by atoms with Crippen molar-refractivity contribution in [2.75, 3.05) is 18.4 Å². The van der Waals surface area contributed by atoms with Crippen molar-refractivity contribution in [3.63, 3.8) is 0 Å². The number of amides is 2. The van der Waals surface area contributed by atoms with Crippen molar-refractivity contribution < 1.29 is 14.5 Å². The second kappa shape index (κ2) is 11.4. The summed E-state index contributed by atoms with van der Waals surface area (Å²) >= 11 is 19.4. The lowest BCUT2D eigenvalue weighted by Crippen LogP contribution is -2.37. The number of benzene rings is 2. The van der Waals surface area contributed by atoms with Gasteiger partial charge in [0, 0.05) is 48.2 Å². The maximum Gasteiger partial charge on any atom is 0.288 e. The number of rotatable bonds is 6. The van der Waals surface area contributed by atoms with E-state index in [9.17, 15) is 19.7 Å². The van der Waals surface area contributed by atoms with Gasteiger partial charge in [0.15, 0.2) is 0 Å². The summed E-state index contributed by atoms with van der Waals surface area (Å²) in [4.78, 5) is 41.7. The summed E-state index contributed by atoms with van der Waals surface area (Å²) in [6.07, 6.45) is 3.85. The third-order valence-corrected chi connectivity index (χ3v) is 7.85. The SMILES string of the molecule is O=C(C=CC(=O)N1CCC(c2nc(-c3ccc(Cl)c([N+](=O)[O-])c3)cs2)CC1)Nc1cccc(Cl)c1Cl. The van der Waals surface area contributed by atoms with Crippen LogP contribution < -0.4 is 5.32 Å². The molecule has 1 aliphatic heterocycles. The van der Waals surface area contributed by atoms with Crippen LogP contribution in [-0.4, -0.2) is 39.7 Å². The molecule has 186 valence electrons. The average molecular weight is 566 g/mol. The first-order valence-electron chi connectivity index (χ1n) is 10.8. The molecule has 1 N–H and O–H groups in total. The largest absolute Gasteiger partial charge is 0.339 e. The summed E-state index contributed by atoms with van der Waals surface area (Å²) in [5.41, 5.74) is 1.49. The number of piperidine rings is 1. The van der Waals surface area contributed by atoms with Crippen LogP contribution in [0.5, 0.6) is 0 Å². The van der Waals surface area contributed by atoms with E-state index in [4.69, 9.17) is 34.8 Å². The van der Waals surface area contributed by atoms with E-state index in [1.165, 1.54) is 35.6 Å². The van der Waals surface area contributed by atoms with E-state index >= 15 is 0 Å². The van der Waals surface area contributed by atoms with Gasteiger partial charge in [0.05, 0.1) is 31.4 Å². The zero-order valence-electron chi connectivity index (χ0n) is 18.6. The highest BCUT2D eigenvalue weighted by Gasteiger charge is 2.25. The van der Waals surface area contributed by atoms with Crippen molar-refractivity contribution in [1.82, 2.24) is 9.88 Å². The Morgan fingerprint density at radius 2 is 1.86 bits per heavy atom. The number of hydrogen-bond acceptors (Lipinski definition) is 6. The molecule has 0 atom stereocenters. The van der Waals surface area contributed by atoms with E-state index < -0.39 is 10.8 Å². The molecule has 0 radical (unpaired) electrons. The fourth-order valence-electron chi connectivity index (χ4n) is 3.79. The zero-order chi connectivity index (χ0) is 25.8. The number of thiazole rings is 1. The highest BCUT2D eigenvalue weighted by atomic mass is 35.5. The van der Waals surface area contributed by atoms with Gasteiger partial charge in [0.25, 0.3) is 5.69 Å². The predicted octanol–water partition coefficient (Wildman–Crippen LogP) is 6.58. The van der Waals surface area contributed by atoms with Gasteiger partial charge in [-0.1, -0.05) is 46.9 Å². The standard InChI is InChI=1S/C24H19Cl3N4O4S/c25-16-5-4-15(12-20(16)31(34)35)19-13-36-24(29-19)14-8-10-30(11-9-14)22(33)7-6-21(32)28-18-3-1-2-17(26)23(18)27/h1-7,12-14H,8-11H2,(H,28,32). The molecule has 1 fully saturated rings. The lowest BCUT2D eigenvalue weighted by Gasteiger charge is -2.30. The molecule has 0 unspecified atom stereocenters. The lowest BCUT2D eigenvalue weighted by atomic mass is 9.97. The number of likely N-dealkylation sites (tertiary alicyclic amines) is 1. The Hall–Kier alpha value is -2.98. The van der Waals surface area contributed by atoms with Gasteiger partial charge >= 0.3 is 0 Å². The zero-order valence-corrected chi connectivity index (χ0v) is 21.7. The molecule has 1 aromatic heterocycles. The number of nitrogens with one attached hydrogen (secondary N) is 1. The second-order valence-corrected chi connectivity index (χ2v) is 10.1. The molecule has 36 heavy (non-hydrogen) atoms. The molecule has 8 nitrogen and oxygen atoms in total. The van der Waals surface area contributed by atoms with Gasteiger partial charge in [-0.2, -0.15) is 0 Å². The number of nitrogens with zero attached hydrogens (tertiary/aromatic N) is 3. The molecule has 0 bridgehead atoms. The van der Waals surface area contributed by atoms with Crippen LogP contribution in [0.25, 0.3) is 11.3 Å². The van der Waals surface area contributed by atoms with Gasteiger partial charge in [0.2, 0.25) is 11.8 Å². The minimum atomic E-state index is -0.518. The first-order chi connectivity index (χ1) is 17.2. The maximum atomic E-state index is 12.6. The van der Waals surface area contributed by atoms with Gasteiger partial charge < -0.3 is 10.2 Å². The smallest absolute Gasteiger partial charge is 0.288 e. The van der Waals surface area contributed by atoms with Crippen molar-refractivity contribution in [1.29, 1.82) is 0 Å². The summed E-state index contributed by atoms with van der Waals surface area (Å²) in [6, 6.07) is 9.51. The van der Waals surface area contributed by atoms with Gasteiger partial charge in [-0.3, -0.25) is 19.7 Å². The lowest BCUT2D eigenvalue weighted by molar-refractivity contribution is -0.384. The quantitative estimate of drug-likeness (QED) is 0.206. The Morgan fingerprint density at radius 1 is 1.11 bits per heavy atom. The highest BCUT2D eigenvalue weighted by Crippen LogP contribution is 2.35. The van der Waals surface area contributed by atoms with Gasteiger partial charge in [-0.15, -0.1) is 11.3 Å². The molecule has 1 aliphatic rings. The van der Waals surface area contributed by atoms with Crippen LogP contribution in [0.3, 0.4) is 0 Å². The number of aromatic nitrogens is 1. The summed E-state index contributed by atoms with van der Waals surface area (Å²) in [5, 5.41) is 17.2. The Kier molecular flexibility index (Phi) is 8.25. The van der Waals surface area contributed by atoms with Crippen LogP contribution in [0.4, 0.5) is 11.4 Å². The number of halogens is 3. The molecule has 3 aromatic rings. The molecule has 12 heteroatoms. The summed E-state index contributed by atoms with van der Waals surface area (Å²) < 4.78 is 0. The predicted molar refractivity (Wildman–Crippen MR) is 142 cm³/mol. The number of nitro benzene ring substituents is 1. The monoisotopic (exact) mass is 564 g/mol. The van der Waals surface area contributed by atoms with Crippen LogP contribution in [0, 0.1) is 10.1 Å². The van der Waals surface area contributed by atoms with Crippen LogP contribution in [0.2, 0.25) is 15.1 Å². The van der Waals surface area contributed by atoms with Crippen molar-refractivity contribution in [2.24, 2.45) is 0 Å². The molecule has 0 spiro atoms. The summed E-state index contributed by atoms with van der Waals surface area (Å²) in [5.74, 6) is -0.568. The minimum Gasteiger partial charge on any atom is -0.339 e. The molecule has 2 aromatic carbocycles. The second-order valence-electron chi connectivity index (χ2n) is 8.02. The molecule has 2 amide bonds. The Labute approximate surface area is 225 Å². The summed E-state index contributed by atoms with van der Waals surface area (Å²) in [7, 11) is 0. The Morgan fingerprint density at radius 3 is 2.58 bits per heavy atom. The number of anilines is 1. The molecular weight excluding hydrogens is 547 g/mol. The fraction of sp³-hybridized carbons (Fsp3) is 0.208. The van der Waals surface area contributed by atoms with Crippen molar-refractivity contribution in [3.8, 4) is 11.3 Å². The van der Waals surface area contributed by atoms with E-state index in [0.29, 0.717) is 35.1 Å². The van der Waals surface area contributed by atoms with Gasteiger partial charge in [0.1, 0.15) is 5.02 Å². The fourth-order valence-corrected chi connectivity index (χ4v) is 5.33. The van der Waals surface area contributed by atoms with Crippen molar-refractivity contribution in [2.45, 2.75) is 18.8 Å². The van der Waals surface area contributed by atoms with Crippen molar-refractivity contribution in [3.05, 3.63) is 84.1 Å². The number of hydrogen-bond donors (Lipinski definition) is 1. The third-order valence-electron chi connectivity index (χ3n) is 5.70. The van der Waals surface area contributed by atoms with Gasteiger partial charge in [-0.25, -0.2) is 4.98 Å². The van der Waals surface area contributed by atoms with E-state index in [0.717, 1.165) is 17.8 Å². The van der Waals surface area contributed by atoms with Crippen LogP contribution in [0.1, 0.15) is 23.8 Å². The van der Waals surface area contributed by atoms with Crippen LogP contribution in [0.15, 0.2) is 53.9 Å². The van der Waals surface area contributed by atoms with Crippen LogP contribution >= 0.6 is 46.1 Å². The van der Waals surface area contributed by atoms with E-state index in [1.54, 1.807) is 29.2 Å². The van der Waals surface area contributed by atoms with Crippen LogP contribution in [-0.2, 0) is 9.59 Å². The van der Waals surface area contributed by atoms with Crippen molar-refractivity contribution >= 4 is 69.3 Å². The number of carbonyl (C=O) groups excluding carboxylic acids is 2. The maximum absolute atomic E-state index is 12.6. The Balaban J connectivity index is 1.32. The van der Waals surface area contributed by atoms with E-state index in [1.807, 2.05) is 5.38 Å². The number of carbonyl (C=O) groups is 2. The summed E-state index contributed by atoms with van der Waals surface area (Å²) in [6.45, 7) is 1.05. The molecule has 0 saturated carbocycles. The highest BCUT2D eigenvalue weighted by molar-refractivity contribution is 7.10. The first kappa shape index (κ1) is 26.1. The Bertz CT molecular complexity index is 1350.